The number of para-hydroxylation sites is 1. The van der Waals surface area contributed by atoms with Crippen molar-refractivity contribution in [1.29, 1.82) is 0 Å². The highest BCUT2D eigenvalue weighted by molar-refractivity contribution is 7.89. The van der Waals surface area contributed by atoms with Gasteiger partial charge in [-0.05, 0) is 12.1 Å². The van der Waals surface area contributed by atoms with E-state index in [-0.39, 0.29) is 18.0 Å². The van der Waals surface area contributed by atoms with Crippen LogP contribution in [0.25, 0.3) is 0 Å². The Morgan fingerprint density at radius 3 is 2.67 bits per heavy atom. The molecule has 0 fully saturated rings. The van der Waals surface area contributed by atoms with E-state index in [0.717, 1.165) is 0 Å². The Labute approximate surface area is 105 Å². The summed E-state index contributed by atoms with van der Waals surface area (Å²) in [5.41, 5.74) is 0.360. The van der Waals surface area contributed by atoms with Gasteiger partial charge in [-0.3, -0.25) is 0 Å². The predicted octanol–water partition coefficient (Wildman–Crippen LogP) is -0.153. The minimum atomic E-state index is -3.79. The van der Waals surface area contributed by atoms with Crippen molar-refractivity contribution in [2.75, 3.05) is 25.1 Å². The number of sulfonamides is 1. The number of carboxylic acids is 1. The summed E-state index contributed by atoms with van der Waals surface area (Å²) < 4.78 is 27.3. The molecule has 0 unspecified atom stereocenters. The van der Waals surface area contributed by atoms with Crippen LogP contribution in [0.15, 0.2) is 29.2 Å². The first-order valence-electron chi connectivity index (χ1n) is 5.06. The molecule has 0 amide bonds. The number of aliphatic carboxylic acids is 1. The van der Waals surface area contributed by atoms with Crippen LogP contribution in [-0.2, 0) is 19.6 Å². The smallest absolute Gasteiger partial charge is 0.329 e. The fraction of sp³-hybridized carbons (Fsp3) is 0.300. The van der Waals surface area contributed by atoms with Gasteiger partial charge in [0.05, 0.1) is 12.3 Å². The zero-order valence-electron chi connectivity index (χ0n) is 9.50. The van der Waals surface area contributed by atoms with E-state index in [2.05, 4.69) is 5.32 Å². The predicted molar refractivity (Wildman–Crippen MR) is 64.8 cm³/mol. The van der Waals surface area contributed by atoms with Crippen LogP contribution in [0.3, 0.4) is 0 Å². The number of nitrogens with one attached hydrogen (secondary N) is 1. The normalized spacial score (nSPS) is 11.2. The fourth-order valence-electron chi connectivity index (χ4n) is 1.28. The molecule has 0 aromatic heterocycles. The Bertz CT molecular complexity index is 515. The summed E-state index contributed by atoms with van der Waals surface area (Å²) >= 11 is 0. The molecule has 1 aromatic rings. The Hall–Kier alpha value is -1.64. The van der Waals surface area contributed by atoms with Crippen LogP contribution in [0.5, 0.6) is 0 Å². The lowest BCUT2D eigenvalue weighted by atomic mass is 10.3. The van der Waals surface area contributed by atoms with Gasteiger partial charge in [0.25, 0.3) is 0 Å². The fourth-order valence-corrected chi connectivity index (χ4v) is 1.99. The van der Waals surface area contributed by atoms with Gasteiger partial charge < -0.3 is 15.2 Å². The van der Waals surface area contributed by atoms with Crippen molar-refractivity contribution in [1.82, 2.24) is 0 Å². The van der Waals surface area contributed by atoms with Gasteiger partial charge in [-0.1, -0.05) is 12.1 Å². The van der Waals surface area contributed by atoms with Crippen molar-refractivity contribution in [2.45, 2.75) is 4.90 Å². The monoisotopic (exact) mass is 274 g/mol. The molecule has 0 radical (unpaired) electrons. The van der Waals surface area contributed by atoms with Gasteiger partial charge in [-0.2, -0.15) is 0 Å². The van der Waals surface area contributed by atoms with E-state index in [0.29, 0.717) is 5.69 Å². The molecular weight excluding hydrogens is 260 g/mol. The van der Waals surface area contributed by atoms with E-state index in [4.69, 9.17) is 15.0 Å². The first-order valence-corrected chi connectivity index (χ1v) is 6.61. The highest BCUT2D eigenvalue weighted by atomic mass is 32.2. The van der Waals surface area contributed by atoms with E-state index in [9.17, 15) is 13.2 Å². The summed E-state index contributed by atoms with van der Waals surface area (Å²) in [4.78, 5) is 10.2. The summed E-state index contributed by atoms with van der Waals surface area (Å²) in [6, 6.07) is 6.17. The number of ether oxygens (including phenoxy) is 1. The number of hydrogen-bond donors (Lipinski definition) is 3. The van der Waals surface area contributed by atoms with Gasteiger partial charge in [0, 0.05) is 6.54 Å². The van der Waals surface area contributed by atoms with Gasteiger partial charge >= 0.3 is 5.97 Å². The minimum absolute atomic E-state index is 0.0109. The third kappa shape index (κ3) is 4.70. The van der Waals surface area contributed by atoms with Gasteiger partial charge in [0.1, 0.15) is 11.5 Å². The average Bonchev–Trinajstić information content (AvgIpc) is 2.27. The number of carboxylic acid groups (broad SMARTS) is 1. The average molecular weight is 274 g/mol. The third-order valence-electron chi connectivity index (χ3n) is 1.98. The highest BCUT2D eigenvalue weighted by Gasteiger charge is 2.12. The number of anilines is 1. The Kier molecular flexibility index (Phi) is 5.08. The first-order chi connectivity index (χ1) is 8.41. The Balaban J connectivity index is 2.55. The molecule has 0 saturated carbocycles. The molecule has 0 aliphatic heterocycles. The quantitative estimate of drug-likeness (QED) is 0.595. The third-order valence-corrected chi connectivity index (χ3v) is 2.95. The van der Waals surface area contributed by atoms with Crippen LogP contribution in [0, 0.1) is 0 Å². The molecule has 0 atom stereocenters. The number of rotatable bonds is 7. The van der Waals surface area contributed by atoms with E-state index < -0.39 is 22.6 Å². The maximum absolute atomic E-state index is 11.3. The summed E-state index contributed by atoms with van der Waals surface area (Å²) in [5.74, 6) is -1.06. The Morgan fingerprint density at radius 1 is 1.39 bits per heavy atom. The number of nitrogens with two attached hydrogens (primary N) is 1. The van der Waals surface area contributed by atoms with Crippen molar-refractivity contribution in [2.24, 2.45) is 5.14 Å². The lowest BCUT2D eigenvalue weighted by molar-refractivity contribution is -0.142. The highest BCUT2D eigenvalue weighted by Crippen LogP contribution is 2.18. The molecule has 18 heavy (non-hydrogen) atoms. The van der Waals surface area contributed by atoms with Crippen LogP contribution >= 0.6 is 0 Å². The molecule has 0 heterocycles. The molecule has 0 bridgehead atoms. The molecular formula is C10H14N2O5S. The van der Waals surface area contributed by atoms with E-state index in [1.54, 1.807) is 18.2 Å². The van der Waals surface area contributed by atoms with Crippen molar-refractivity contribution in [3.63, 3.8) is 0 Å². The molecule has 8 heteroatoms. The minimum Gasteiger partial charge on any atom is -0.480 e. The van der Waals surface area contributed by atoms with Gasteiger partial charge in [-0.15, -0.1) is 0 Å². The summed E-state index contributed by atoms with van der Waals surface area (Å²) in [5, 5.41) is 16.2. The summed E-state index contributed by atoms with van der Waals surface area (Å²) in [7, 11) is -3.79. The Morgan fingerprint density at radius 2 is 2.06 bits per heavy atom. The van der Waals surface area contributed by atoms with E-state index >= 15 is 0 Å². The molecule has 7 nitrogen and oxygen atoms in total. The van der Waals surface area contributed by atoms with E-state index in [1.165, 1.54) is 6.07 Å². The topological polar surface area (TPSA) is 119 Å². The SMILES string of the molecule is NS(=O)(=O)c1ccccc1NCCOCC(=O)O. The first kappa shape index (κ1) is 14.4. The second-order valence-electron chi connectivity index (χ2n) is 3.41. The zero-order valence-corrected chi connectivity index (χ0v) is 10.3. The largest absolute Gasteiger partial charge is 0.480 e. The van der Waals surface area contributed by atoms with E-state index in [1.807, 2.05) is 0 Å². The second-order valence-corrected chi connectivity index (χ2v) is 4.94. The maximum Gasteiger partial charge on any atom is 0.329 e. The lowest BCUT2D eigenvalue weighted by Gasteiger charge is -2.10. The van der Waals surface area contributed by atoms with Gasteiger partial charge in [-0.25, -0.2) is 18.4 Å². The van der Waals surface area contributed by atoms with Crippen LogP contribution in [-0.4, -0.2) is 39.3 Å². The number of benzene rings is 1. The molecule has 0 aliphatic rings. The van der Waals surface area contributed by atoms with Gasteiger partial charge in [0.15, 0.2) is 0 Å². The van der Waals surface area contributed by atoms with Gasteiger partial charge in [0.2, 0.25) is 10.0 Å². The summed E-state index contributed by atoms with van der Waals surface area (Å²) in [6.07, 6.45) is 0. The van der Waals surface area contributed by atoms with Crippen molar-refractivity contribution in [3.05, 3.63) is 24.3 Å². The number of carbonyl (C=O) groups is 1. The van der Waals surface area contributed by atoms with Crippen molar-refractivity contribution < 1.29 is 23.1 Å². The van der Waals surface area contributed by atoms with Crippen LogP contribution in [0.2, 0.25) is 0 Å². The number of primary sulfonamides is 1. The molecule has 100 valence electrons. The van der Waals surface area contributed by atoms with Crippen LogP contribution in [0.4, 0.5) is 5.69 Å². The molecule has 0 saturated heterocycles. The van der Waals surface area contributed by atoms with Crippen molar-refractivity contribution in [3.8, 4) is 0 Å². The number of hydrogen-bond acceptors (Lipinski definition) is 5. The standard InChI is InChI=1S/C10H14N2O5S/c11-18(15,16)9-4-2-1-3-8(9)12-5-6-17-7-10(13)14/h1-4,12H,5-7H2,(H,13,14)(H2,11,15,16). The lowest BCUT2D eigenvalue weighted by Crippen LogP contribution is -2.18. The molecule has 4 N–H and O–H groups in total. The second kappa shape index (κ2) is 6.34. The summed E-state index contributed by atoms with van der Waals surface area (Å²) in [6.45, 7) is 0.0313. The molecule has 1 rings (SSSR count). The molecule has 0 spiro atoms. The van der Waals surface area contributed by atoms with Crippen LogP contribution < -0.4 is 10.5 Å². The molecule has 0 aliphatic carbocycles. The van der Waals surface area contributed by atoms with Crippen molar-refractivity contribution >= 4 is 21.7 Å². The zero-order chi connectivity index (χ0) is 13.6. The van der Waals surface area contributed by atoms with Crippen LogP contribution in [0.1, 0.15) is 0 Å². The molecule has 1 aromatic carbocycles. The maximum atomic E-state index is 11.3.